The Kier molecular flexibility index (Phi) is 6.02. The Morgan fingerprint density at radius 1 is 1.14 bits per heavy atom. The Morgan fingerprint density at radius 3 is 2.39 bits per heavy atom. The van der Waals surface area contributed by atoms with Crippen LogP contribution in [-0.2, 0) is 14.9 Å². The van der Waals surface area contributed by atoms with Crippen LogP contribution < -0.4 is 4.18 Å². The van der Waals surface area contributed by atoms with Crippen molar-refractivity contribution in [2.45, 2.75) is 11.8 Å². The Labute approximate surface area is 173 Å². The van der Waals surface area contributed by atoms with Gasteiger partial charge in [-0.05, 0) is 42.8 Å². The molecule has 0 spiro atoms. The van der Waals surface area contributed by atoms with Crippen molar-refractivity contribution in [3.8, 4) is 5.75 Å². The van der Waals surface area contributed by atoms with E-state index in [2.05, 4.69) is 6.58 Å². The smallest absolute Gasteiger partial charge is 0.339 e. The summed E-state index contributed by atoms with van der Waals surface area (Å²) < 4.78 is 30.4. The lowest BCUT2D eigenvalue weighted by Crippen LogP contribution is -2.27. The highest BCUT2D eigenvalue weighted by Crippen LogP contribution is 2.32. The molecular formula is C20H17NO4S3. The summed E-state index contributed by atoms with van der Waals surface area (Å²) in [6.07, 6.45) is 3.33. The molecule has 0 saturated carbocycles. The normalized spacial score (nSPS) is 15.9. The van der Waals surface area contributed by atoms with Crippen molar-refractivity contribution < 1.29 is 17.4 Å². The van der Waals surface area contributed by atoms with Crippen LogP contribution in [0.1, 0.15) is 11.1 Å². The maximum absolute atomic E-state index is 12.3. The molecule has 1 saturated heterocycles. The molecule has 0 aliphatic carbocycles. The van der Waals surface area contributed by atoms with Crippen LogP contribution in [0.2, 0.25) is 0 Å². The second-order valence-electron chi connectivity index (χ2n) is 6.00. The van der Waals surface area contributed by atoms with Gasteiger partial charge in [0.2, 0.25) is 0 Å². The number of nitrogens with zero attached hydrogens (tertiary/aromatic N) is 1. The zero-order valence-electron chi connectivity index (χ0n) is 15.0. The van der Waals surface area contributed by atoms with Crippen molar-refractivity contribution in [3.63, 3.8) is 0 Å². The molecule has 3 rings (SSSR count). The van der Waals surface area contributed by atoms with Gasteiger partial charge in [-0.2, -0.15) is 8.42 Å². The van der Waals surface area contributed by atoms with Gasteiger partial charge in [-0.1, -0.05) is 59.9 Å². The van der Waals surface area contributed by atoms with E-state index in [0.29, 0.717) is 15.8 Å². The van der Waals surface area contributed by atoms with E-state index < -0.39 is 10.1 Å². The summed E-state index contributed by atoms with van der Waals surface area (Å²) in [6.45, 7) is 5.86. The van der Waals surface area contributed by atoms with Crippen molar-refractivity contribution in [1.29, 1.82) is 0 Å². The SMILES string of the molecule is C=CCN1C(=O)C(=Cc2ccc(OS(=O)(=O)c3ccc(C)cc3)cc2)SC1=S. The van der Waals surface area contributed by atoms with Gasteiger partial charge in [0.15, 0.2) is 0 Å². The van der Waals surface area contributed by atoms with E-state index in [1.807, 2.05) is 6.92 Å². The predicted molar refractivity (Wildman–Crippen MR) is 116 cm³/mol. The van der Waals surface area contributed by atoms with Gasteiger partial charge in [0, 0.05) is 6.54 Å². The fourth-order valence-corrected chi connectivity index (χ4v) is 4.64. The highest BCUT2D eigenvalue weighted by atomic mass is 32.2. The summed E-state index contributed by atoms with van der Waals surface area (Å²) >= 11 is 6.43. The van der Waals surface area contributed by atoms with Crippen LogP contribution in [0, 0.1) is 6.92 Å². The number of benzene rings is 2. The molecule has 1 heterocycles. The van der Waals surface area contributed by atoms with E-state index in [4.69, 9.17) is 16.4 Å². The van der Waals surface area contributed by atoms with Gasteiger partial charge in [0.25, 0.3) is 5.91 Å². The van der Waals surface area contributed by atoms with Crippen molar-refractivity contribution in [2.75, 3.05) is 6.54 Å². The van der Waals surface area contributed by atoms with Gasteiger partial charge in [-0.15, -0.1) is 6.58 Å². The van der Waals surface area contributed by atoms with Crippen LogP contribution in [0.3, 0.4) is 0 Å². The molecule has 0 N–H and O–H groups in total. The first-order valence-corrected chi connectivity index (χ1v) is 10.9. The maximum Gasteiger partial charge on any atom is 0.339 e. The van der Waals surface area contributed by atoms with Gasteiger partial charge in [0.1, 0.15) is 15.0 Å². The van der Waals surface area contributed by atoms with Crippen molar-refractivity contribution in [1.82, 2.24) is 4.90 Å². The summed E-state index contributed by atoms with van der Waals surface area (Å²) in [5.74, 6) is 0.0223. The van der Waals surface area contributed by atoms with Gasteiger partial charge < -0.3 is 4.18 Å². The third-order valence-electron chi connectivity index (χ3n) is 3.88. The standard InChI is InChI=1S/C20H17NO4S3/c1-3-12-21-19(22)18(27-20(21)26)13-15-6-8-16(9-7-15)25-28(23,24)17-10-4-14(2)5-11-17/h3-11,13H,1,12H2,2H3. The Hall–Kier alpha value is -2.42. The van der Waals surface area contributed by atoms with Crippen LogP contribution in [0.5, 0.6) is 5.75 Å². The number of thiocarbonyl (C=S) groups is 1. The van der Waals surface area contributed by atoms with E-state index >= 15 is 0 Å². The van der Waals surface area contributed by atoms with Gasteiger partial charge >= 0.3 is 10.1 Å². The van der Waals surface area contributed by atoms with Crippen LogP contribution in [-0.4, -0.2) is 30.1 Å². The van der Waals surface area contributed by atoms with Crippen LogP contribution >= 0.6 is 24.0 Å². The molecule has 5 nitrogen and oxygen atoms in total. The second kappa shape index (κ2) is 8.30. The molecule has 0 radical (unpaired) electrons. The monoisotopic (exact) mass is 431 g/mol. The van der Waals surface area contributed by atoms with Crippen molar-refractivity contribution >= 4 is 50.4 Å². The summed E-state index contributed by atoms with van der Waals surface area (Å²) in [6, 6.07) is 12.9. The average molecular weight is 432 g/mol. The molecule has 1 aliphatic rings. The summed E-state index contributed by atoms with van der Waals surface area (Å²) in [5.41, 5.74) is 1.70. The molecule has 1 fully saturated rings. The fraction of sp³-hybridized carbons (Fsp3) is 0.100. The van der Waals surface area contributed by atoms with E-state index in [9.17, 15) is 13.2 Å². The number of amides is 1. The molecule has 1 amide bonds. The van der Waals surface area contributed by atoms with E-state index in [-0.39, 0.29) is 16.6 Å². The van der Waals surface area contributed by atoms with Gasteiger partial charge in [-0.25, -0.2) is 0 Å². The van der Waals surface area contributed by atoms with E-state index in [1.165, 1.54) is 28.8 Å². The largest absolute Gasteiger partial charge is 0.379 e. The lowest BCUT2D eigenvalue weighted by atomic mass is 10.2. The summed E-state index contributed by atoms with van der Waals surface area (Å²) in [4.78, 5) is 14.4. The third-order valence-corrected chi connectivity index (χ3v) is 6.52. The Bertz CT molecular complexity index is 1060. The molecule has 0 aromatic heterocycles. The molecule has 0 atom stereocenters. The quantitative estimate of drug-likeness (QED) is 0.296. The number of thioether (sulfide) groups is 1. The highest BCUT2D eigenvalue weighted by molar-refractivity contribution is 8.26. The molecule has 0 bridgehead atoms. The first-order chi connectivity index (χ1) is 13.3. The first kappa shape index (κ1) is 20.3. The molecule has 2 aromatic rings. The average Bonchev–Trinajstić information content (AvgIpc) is 2.91. The number of carbonyl (C=O) groups excluding carboxylic acids is 1. The summed E-state index contributed by atoms with van der Waals surface area (Å²) in [7, 11) is -3.90. The molecule has 8 heteroatoms. The number of rotatable bonds is 6. The minimum absolute atomic E-state index is 0.0908. The molecule has 1 aliphatic heterocycles. The van der Waals surface area contributed by atoms with E-state index in [1.54, 1.807) is 48.6 Å². The molecule has 0 unspecified atom stereocenters. The second-order valence-corrected chi connectivity index (χ2v) is 9.22. The highest BCUT2D eigenvalue weighted by Gasteiger charge is 2.30. The zero-order chi connectivity index (χ0) is 20.3. The topological polar surface area (TPSA) is 63.7 Å². The molecular weight excluding hydrogens is 414 g/mol. The van der Waals surface area contributed by atoms with Crippen molar-refractivity contribution in [3.05, 3.63) is 77.2 Å². The lowest BCUT2D eigenvalue weighted by molar-refractivity contribution is -0.121. The lowest BCUT2D eigenvalue weighted by Gasteiger charge is -2.10. The molecule has 144 valence electrons. The first-order valence-electron chi connectivity index (χ1n) is 8.27. The number of hydrogen-bond donors (Lipinski definition) is 0. The van der Waals surface area contributed by atoms with Crippen LogP contribution in [0.25, 0.3) is 6.08 Å². The van der Waals surface area contributed by atoms with Crippen molar-refractivity contribution in [2.24, 2.45) is 0 Å². The maximum atomic E-state index is 12.3. The van der Waals surface area contributed by atoms with Crippen LogP contribution in [0.4, 0.5) is 0 Å². The summed E-state index contributed by atoms with van der Waals surface area (Å²) in [5, 5.41) is 0. The van der Waals surface area contributed by atoms with Crippen LogP contribution in [0.15, 0.2) is 71.0 Å². The molecule has 28 heavy (non-hydrogen) atoms. The fourth-order valence-electron chi connectivity index (χ4n) is 2.44. The number of carbonyl (C=O) groups is 1. The number of aryl methyl sites for hydroxylation is 1. The van der Waals surface area contributed by atoms with Gasteiger partial charge in [-0.3, -0.25) is 9.69 Å². The third kappa shape index (κ3) is 4.52. The minimum Gasteiger partial charge on any atom is -0.379 e. The van der Waals surface area contributed by atoms with Gasteiger partial charge in [0.05, 0.1) is 4.91 Å². The predicted octanol–water partition coefficient (Wildman–Crippen LogP) is 4.15. The molecule has 2 aromatic carbocycles. The zero-order valence-corrected chi connectivity index (χ0v) is 17.4. The Balaban J connectivity index is 1.75. The number of hydrogen-bond acceptors (Lipinski definition) is 6. The minimum atomic E-state index is -3.90. The van der Waals surface area contributed by atoms with E-state index in [0.717, 1.165) is 11.1 Å². The Morgan fingerprint density at radius 2 is 1.79 bits per heavy atom.